The second-order valence-electron chi connectivity index (χ2n) is 5.42. The third-order valence-corrected chi connectivity index (χ3v) is 3.88. The van der Waals surface area contributed by atoms with Crippen LogP contribution in [-0.4, -0.2) is 61.5 Å². The van der Waals surface area contributed by atoms with Gasteiger partial charge in [0.2, 0.25) is 11.8 Å². The van der Waals surface area contributed by atoms with E-state index < -0.39 is 6.61 Å². The lowest BCUT2D eigenvalue weighted by Gasteiger charge is -2.33. The van der Waals surface area contributed by atoms with Crippen molar-refractivity contribution in [1.82, 2.24) is 9.80 Å². The molecule has 0 spiro atoms. The summed E-state index contributed by atoms with van der Waals surface area (Å²) in [5.41, 5.74) is 0.315. The maximum atomic E-state index is 12.6. The predicted molar refractivity (Wildman–Crippen MR) is 87.5 cm³/mol. The van der Waals surface area contributed by atoms with Crippen molar-refractivity contribution in [3.8, 4) is 11.5 Å². The van der Waals surface area contributed by atoms with E-state index in [9.17, 15) is 18.4 Å². The van der Waals surface area contributed by atoms with E-state index in [4.69, 9.17) is 4.74 Å². The van der Waals surface area contributed by atoms with Crippen LogP contribution in [0.15, 0.2) is 24.3 Å². The molecule has 8 heteroatoms. The first-order chi connectivity index (χ1) is 11.9. The SMILES string of the molecule is COc1cccc(/C=C/C(=O)N2CCN(C(C)=O)CC2)c1OC(F)F. The summed E-state index contributed by atoms with van der Waals surface area (Å²) in [5, 5.41) is 0. The number of ether oxygens (including phenoxy) is 2. The number of alkyl halides is 2. The van der Waals surface area contributed by atoms with Crippen LogP contribution in [0, 0.1) is 0 Å². The molecule has 1 aromatic rings. The number of para-hydroxylation sites is 1. The summed E-state index contributed by atoms with van der Waals surface area (Å²) in [5.74, 6) is -0.239. The van der Waals surface area contributed by atoms with Crippen molar-refractivity contribution >= 4 is 17.9 Å². The fourth-order valence-corrected chi connectivity index (χ4v) is 2.55. The maximum Gasteiger partial charge on any atom is 0.387 e. The summed E-state index contributed by atoms with van der Waals surface area (Å²) in [6.07, 6.45) is 2.72. The summed E-state index contributed by atoms with van der Waals surface area (Å²) in [4.78, 5) is 26.8. The Morgan fingerprint density at radius 2 is 1.80 bits per heavy atom. The van der Waals surface area contributed by atoms with E-state index in [1.807, 2.05) is 0 Å². The highest BCUT2D eigenvalue weighted by atomic mass is 19.3. The number of benzene rings is 1. The molecule has 6 nitrogen and oxygen atoms in total. The number of halogens is 2. The molecule has 2 rings (SSSR count). The quantitative estimate of drug-likeness (QED) is 0.759. The summed E-state index contributed by atoms with van der Waals surface area (Å²) in [6.45, 7) is 0.313. The second-order valence-corrected chi connectivity index (χ2v) is 5.42. The van der Waals surface area contributed by atoms with Gasteiger partial charge in [0.25, 0.3) is 0 Å². The second kappa shape index (κ2) is 8.46. The van der Waals surface area contributed by atoms with Crippen molar-refractivity contribution < 1.29 is 27.8 Å². The summed E-state index contributed by atoms with van der Waals surface area (Å²) in [7, 11) is 1.35. The zero-order chi connectivity index (χ0) is 18.4. The Morgan fingerprint density at radius 3 is 2.36 bits per heavy atom. The van der Waals surface area contributed by atoms with E-state index in [2.05, 4.69) is 4.74 Å². The molecule has 1 aliphatic rings. The zero-order valence-electron chi connectivity index (χ0n) is 14.1. The molecule has 2 amide bonds. The molecule has 1 aliphatic heterocycles. The molecular formula is C17H20F2N2O4. The number of amides is 2. The van der Waals surface area contributed by atoms with E-state index in [0.29, 0.717) is 31.7 Å². The van der Waals surface area contributed by atoms with Gasteiger partial charge in [0, 0.05) is 44.7 Å². The van der Waals surface area contributed by atoms with Gasteiger partial charge in [-0.2, -0.15) is 8.78 Å². The molecule has 0 N–H and O–H groups in total. The molecule has 0 unspecified atom stereocenters. The Kier molecular flexibility index (Phi) is 6.32. The van der Waals surface area contributed by atoms with Crippen LogP contribution in [0.25, 0.3) is 6.08 Å². The Balaban J connectivity index is 2.08. The molecule has 1 fully saturated rings. The minimum absolute atomic E-state index is 0.0205. The van der Waals surface area contributed by atoms with Crippen LogP contribution >= 0.6 is 0 Å². The van der Waals surface area contributed by atoms with E-state index >= 15 is 0 Å². The van der Waals surface area contributed by atoms with Gasteiger partial charge >= 0.3 is 6.61 Å². The number of hydrogen-bond acceptors (Lipinski definition) is 4. The molecule has 136 valence electrons. The summed E-state index contributed by atoms with van der Waals surface area (Å²) >= 11 is 0. The Bertz CT molecular complexity index is 656. The standard InChI is InChI=1S/C17H20F2N2O4/c1-12(22)20-8-10-21(11-9-20)15(23)7-6-13-4-3-5-14(24-2)16(13)25-17(18)19/h3-7,17H,8-11H2,1-2H3/b7-6+. The topological polar surface area (TPSA) is 59.1 Å². The fourth-order valence-electron chi connectivity index (χ4n) is 2.55. The minimum Gasteiger partial charge on any atom is -0.493 e. The average molecular weight is 354 g/mol. The highest BCUT2D eigenvalue weighted by molar-refractivity contribution is 5.92. The van der Waals surface area contributed by atoms with Crippen molar-refractivity contribution in [3.63, 3.8) is 0 Å². The predicted octanol–water partition coefficient (Wildman–Crippen LogP) is 2.00. The Labute approximate surface area is 144 Å². The molecule has 1 aromatic carbocycles. The lowest BCUT2D eigenvalue weighted by molar-refractivity contribution is -0.135. The maximum absolute atomic E-state index is 12.6. The molecule has 0 aromatic heterocycles. The number of carbonyl (C=O) groups excluding carboxylic acids is 2. The number of nitrogens with zero attached hydrogens (tertiary/aromatic N) is 2. The van der Waals surface area contributed by atoms with Gasteiger partial charge in [0.1, 0.15) is 0 Å². The van der Waals surface area contributed by atoms with Gasteiger partial charge in [-0.15, -0.1) is 0 Å². The Morgan fingerprint density at radius 1 is 1.16 bits per heavy atom. The number of piperazine rings is 1. The van der Waals surface area contributed by atoms with E-state index in [1.54, 1.807) is 21.9 Å². The van der Waals surface area contributed by atoms with Crippen molar-refractivity contribution in [3.05, 3.63) is 29.8 Å². The van der Waals surface area contributed by atoms with Gasteiger partial charge in [-0.1, -0.05) is 12.1 Å². The van der Waals surface area contributed by atoms with Gasteiger partial charge in [0.15, 0.2) is 11.5 Å². The van der Waals surface area contributed by atoms with Gasteiger partial charge in [-0.25, -0.2) is 0 Å². The van der Waals surface area contributed by atoms with Crippen molar-refractivity contribution in [2.75, 3.05) is 33.3 Å². The summed E-state index contributed by atoms with van der Waals surface area (Å²) < 4.78 is 34.7. The number of methoxy groups -OCH3 is 1. The van der Waals surface area contributed by atoms with Gasteiger partial charge < -0.3 is 19.3 Å². The molecule has 25 heavy (non-hydrogen) atoms. The zero-order valence-corrected chi connectivity index (χ0v) is 14.1. The smallest absolute Gasteiger partial charge is 0.387 e. The van der Waals surface area contributed by atoms with Crippen LogP contribution in [-0.2, 0) is 9.59 Å². The average Bonchev–Trinajstić information content (AvgIpc) is 2.60. The van der Waals surface area contributed by atoms with Crippen LogP contribution in [0.4, 0.5) is 8.78 Å². The molecule has 1 saturated heterocycles. The molecular weight excluding hydrogens is 334 g/mol. The number of hydrogen-bond donors (Lipinski definition) is 0. The van der Waals surface area contributed by atoms with Crippen LogP contribution in [0.2, 0.25) is 0 Å². The van der Waals surface area contributed by atoms with Crippen molar-refractivity contribution in [2.45, 2.75) is 13.5 Å². The van der Waals surface area contributed by atoms with E-state index in [-0.39, 0.29) is 23.3 Å². The first kappa shape index (κ1) is 18.7. The molecule has 1 heterocycles. The van der Waals surface area contributed by atoms with Crippen LogP contribution in [0.1, 0.15) is 12.5 Å². The highest BCUT2D eigenvalue weighted by Gasteiger charge is 2.21. The molecule has 0 aliphatic carbocycles. The molecule has 0 radical (unpaired) electrons. The number of carbonyl (C=O) groups is 2. The van der Waals surface area contributed by atoms with Crippen LogP contribution < -0.4 is 9.47 Å². The monoisotopic (exact) mass is 354 g/mol. The highest BCUT2D eigenvalue weighted by Crippen LogP contribution is 2.33. The molecule has 0 saturated carbocycles. The third kappa shape index (κ3) is 4.91. The van der Waals surface area contributed by atoms with E-state index in [0.717, 1.165) is 0 Å². The fraction of sp³-hybridized carbons (Fsp3) is 0.412. The first-order valence-electron chi connectivity index (χ1n) is 7.76. The van der Waals surface area contributed by atoms with Crippen molar-refractivity contribution in [1.29, 1.82) is 0 Å². The summed E-state index contributed by atoms with van der Waals surface area (Å²) in [6, 6.07) is 4.67. The van der Waals surface area contributed by atoms with Crippen LogP contribution in [0.5, 0.6) is 11.5 Å². The molecule has 0 bridgehead atoms. The minimum atomic E-state index is -3.00. The first-order valence-corrected chi connectivity index (χ1v) is 7.76. The molecule has 0 atom stereocenters. The largest absolute Gasteiger partial charge is 0.493 e. The van der Waals surface area contributed by atoms with E-state index in [1.165, 1.54) is 32.3 Å². The van der Waals surface area contributed by atoms with Gasteiger partial charge in [-0.3, -0.25) is 9.59 Å². The van der Waals surface area contributed by atoms with Crippen molar-refractivity contribution in [2.24, 2.45) is 0 Å². The van der Waals surface area contributed by atoms with Crippen LogP contribution in [0.3, 0.4) is 0 Å². The Hall–Kier alpha value is -2.64. The lowest BCUT2D eigenvalue weighted by atomic mass is 10.1. The van der Waals surface area contributed by atoms with Gasteiger partial charge in [-0.05, 0) is 12.1 Å². The lowest BCUT2D eigenvalue weighted by Crippen LogP contribution is -2.49. The normalized spacial score (nSPS) is 14.9. The third-order valence-electron chi connectivity index (χ3n) is 3.88. The van der Waals surface area contributed by atoms with Gasteiger partial charge in [0.05, 0.1) is 7.11 Å². The number of rotatable bonds is 5.